The Bertz CT molecular complexity index is 357. The molecule has 0 radical (unpaired) electrons. The van der Waals surface area contributed by atoms with E-state index in [1.807, 2.05) is 6.20 Å². The summed E-state index contributed by atoms with van der Waals surface area (Å²) in [6, 6.07) is 2.08. The number of rotatable bonds is 2. The number of ether oxygens (including phenoxy) is 1. The molecule has 1 aliphatic rings. The zero-order valence-electron chi connectivity index (χ0n) is 10.4. The van der Waals surface area contributed by atoms with Gasteiger partial charge in [0.25, 0.3) is 0 Å². The van der Waals surface area contributed by atoms with E-state index >= 15 is 0 Å². The summed E-state index contributed by atoms with van der Waals surface area (Å²) in [5, 5.41) is 0. The Morgan fingerprint density at radius 1 is 1.38 bits per heavy atom. The van der Waals surface area contributed by atoms with Gasteiger partial charge in [0, 0.05) is 11.8 Å². The lowest BCUT2D eigenvalue weighted by Gasteiger charge is -2.30. The van der Waals surface area contributed by atoms with Crippen molar-refractivity contribution < 1.29 is 4.74 Å². The standard InChI is InChI=1S/C13H20N2O/c1-10-4-7-14-13(16-3)12(10)11-5-8-15(2)9-6-11/h4,7,11H,5-6,8-9H2,1-3H3. The molecule has 3 heteroatoms. The van der Waals surface area contributed by atoms with E-state index in [-0.39, 0.29) is 0 Å². The predicted octanol–water partition coefficient (Wildman–Crippen LogP) is 2.21. The van der Waals surface area contributed by atoms with Gasteiger partial charge in [0.05, 0.1) is 7.11 Å². The molecule has 0 aliphatic carbocycles. The number of piperidine rings is 1. The molecule has 1 aromatic rings. The van der Waals surface area contributed by atoms with Gasteiger partial charge in [-0.1, -0.05) is 0 Å². The SMILES string of the molecule is COc1nccc(C)c1C1CCN(C)CC1. The minimum Gasteiger partial charge on any atom is -0.481 e. The highest BCUT2D eigenvalue weighted by atomic mass is 16.5. The first kappa shape index (κ1) is 11.4. The number of pyridine rings is 1. The fraction of sp³-hybridized carbons (Fsp3) is 0.615. The van der Waals surface area contributed by atoms with Crippen molar-refractivity contribution in [2.45, 2.75) is 25.7 Å². The van der Waals surface area contributed by atoms with Gasteiger partial charge in [-0.2, -0.15) is 0 Å². The number of nitrogens with zero attached hydrogens (tertiary/aromatic N) is 2. The quantitative estimate of drug-likeness (QED) is 0.764. The number of hydrogen-bond donors (Lipinski definition) is 0. The minimum absolute atomic E-state index is 0.611. The van der Waals surface area contributed by atoms with Gasteiger partial charge in [-0.25, -0.2) is 4.98 Å². The molecule has 0 aromatic carbocycles. The Hall–Kier alpha value is -1.09. The topological polar surface area (TPSA) is 25.4 Å². The fourth-order valence-corrected chi connectivity index (χ4v) is 2.50. The maximum Gasteiger partial charge on any atom is 0.216 e. The highest BCUT2D eigenvalue weighted by Crippen LogP contribution is 2.34. The summed E-state index contributed by atoms with van der Waals surface area (Å²) in [4.78, 5) is 6.70. The van der Waals surface area contributed by atoms with E-state index < -0.39 is 0 Å². The van der Waals surface area contributed by atoms with Crippen molar-refractivity contribution in [2.75, 3.05) is 27.2 Å². The third-order valence-corrected chi connectivity index (χ3v) is 3.49. The van der Waals surface area contributed by atoms with Crippen LogP contribution < -0.4 is 4.74 Å². The number of aryl methyl sites for hydroxylation is 1. The lowest BCUT2D eigenvalue weighted by molar-refractivity contribution is 0.251. The highest BCUT2D eigenvalue weighted by Gasteiger charge is 2.23. The van der Waals surface area contributed by atoms with Gasteiger partial charge in [0.2, 0.25) is 5.88 Å². The largest absolute Gasteiger partial charge is 0.481 e. The average molecular weight is 220 g/mol. The molecule has 0 amide bonds. The third-order valence-electron chi connectivity index (χ3n) is 3.49. The van der Waals surface area contributed by atoms with Crippen LogP contribution in [-0.2, 0) is 0 Å². The molecule has 0 N–H and O–H groups in total. The Morgan fingerprint density at radius 2 is 2.06 bits per heavy atom. The molecule has 2 heterocycles. The Kier molecular flexibility index (Phi) is 3.44. The zero-order chi connectivity index (χ0) is 11.5. The van der Waals surface area contributed by atoms with Gasteiger partial charge in [0.1, 0.15) is 0 Å². The smallest absolute Gasteiger partial charge is 0.216 e. The number of hydrogen-bond acceptors (Lipinski definition) is 3. The first-order valence-corrected chi connectivity index (χ1v) is 5.90. The Labute approximate surface area is 97.4 Å². The number of aromatic nitrogens is 1. The van der Waals surface area contributed by atoms with Crippen LogP contribution in [0.15, 0.2) is 12.3 Å². The van der Waals surface area contributed by atoms with E-state index in [1.54, 1.807) is 7.11 Å². The van der Waals surface area contributed by atoms with Gasteiger partial charge >= 0.3 is 0 Å². The van der Waals surface area contributed by atoms with Crippen LogP contribution >= 0.6 is 0 Å². The van der Waals surface area contributed by atoms with E-state index in [1.165, 1.54) is 37.1 Å². The molecule has 1 fully saturated rings. The van der Waals surface area contributed by atoms with Crippen molar-refractivity contribution in [3.05, 3.63) is 23.4 Å². The van der Waals surface area contributed by atoms with Gasteiger partial charge < -0.3 is 9.64 Å². The molecule has 0 spiro atoms. The first-order valence-electron chi connectivity index (χ1n) is 5.90. The summed E-state index contributed by atoms with van der Waals surface area (Å²) in [6.07, 6.45) is 4.24. The summed E-state index contributed by atoms with van der Waals surface area (Å²) in [7, 11) is 3.89. The van der Waals surface area contributed by atoms with Crippen LogP contribution in [0.4, 0.5) is 0 Å². The van der Waals surface area contributed by atoms with Gasteiger partial charge in [-0.15, -0.1) is 0 Å². The second-order valence-electron chi connectivity index (χ2n) is 4.63. The van der Waals surface area contributed by atoms with Crippen molar-refractivity contribution >= 4 is 0 Å². The first-order chi connectivity index (χ1) is 7.72. The molecular weight excluding hydrogens is 200 g/mol. The van der Waals surface area contributed by atoms with Crippen molar-refractivity contribution in [3.63, 3.8) is 0 Å². The van der Waals surface area contributed by atoms with Crippen LogP contribution in [0.25, 0.3) is 0 Å². The molecule has 1 saturated heterocycles. The molecule has 0 bridgehead atoms. The molecular formula is C13H20N2O. The fourth-order valence-electron chi connectivity index (χ4n) is 2.50. The van der Waals surface area contributed by atoms with Crippen LogP contribution in [0, 0.1) is 6.92 Å². The number of methoxy groups -OCH3 is 1. The predicted molar refractivity (Wildman–Crippen MR) is 65.0 cm³/mol. The monoisotopic (exact) mass is 220 g/mol. The molecule has 0 saturated carbocycles. The molecule has 0 atom stereocenters. The maximum atomic E-state index is 5.38. The summed E-state index contributed by atoms with van der Waals surface area (Å²) < 4.78 is 5.38. The van der Waals surface area contributed by atoms with Gasteiger partial charge in [-0.3, -0.25) is 0 Å². The average Bonchev–Trinajstić information content (AvgIpc) is 2.30. The number of likely N-dealkylation sites (tertiary alicyclic amines) is 1. The van der Waals surface area contributed by atoms with E-state index in [0.29, 0.717) is 5.92 Å². The van der Waals surface area contributed by atoms with Crippen LogP contribution in [0.2, 0.25) is 0 Å². The molecule has 3 nitrogen and oxygen atoms in total. The molecule has 0 unspecified atom stereocenters. The van der Waals surface area contributed by atoms with E-state index in [0.717, 1.165) is 5.88 Å². The Balaban J connectivity index is 2.25. The van der Waals surface area contributed by atoms with Crippen molar-refractivity contribution in [3.8, 4) is 5.88 Å². The van der Waals surface area contributed by atoms with E-state index in [4.69, 9.17) is 4.74 Å². The summed E-state index contributed by atoms with van der Waals surface area (Å²) in [5.74, 6) is 1.43. The second kappa shape index (κ2) is 4.83. The highest BCUT2D eigenvalue weighted by molar-refractivity contribution is 5.37. The lowest BCUT2D eigenvalue weighted by atomic mass is 9.88. The van der Waals surface area contributed by atoms with Crippen LogP contribution in [0.3, 0.4) is 0 Å². The molecule has 16 heavy (non-hydrogen) atoms. The van der Waals surface area contributed by atoms with Gasteiger partial charge in [0.15, 0.2) is 0 Å². The van der Waals surface area contributed by atoms with Crippen LogP contribution in [0.5, 0.6) is 5.88 Å². The summed E-state index contributed by atoms with van der Waals surface area (Å²) in [6.45, 7) is 4.49. The van der Waals surface area contributed by atoms with Crippen LogP contribution in [-0.4, -0.2) is 37.1 Å². The third kappa shape index (κ3) is 2.19. The molecule has 88 valence electrons. The molecule has 1 aliphatic heterocycles. The zero-order valence-corrected chi connectivity index (χ0v) is 10.4. The minimum atomic E-state index is 0.611. The van der Waals surface area contributed by atoms with E-state index in [2.05, 4.69) is 29.9 Å². The second-order valence-corrected chi connectivity index (χ2v) is 4.63. The maximum absolute atomic E-state index is 5.38. The molecule has 2 rings (SSSR count). The van der Waals surface area contributed by atoms with Crippen molar-refractivity contribution in [2.24, 2.45) is 0 Å². The van der Waals surface area contributed by atoms with Crippen molar-refractivity contribution in [1.29, 1.82) is 0 Å². The van der Waals surface area contributed by atoms with Crippen LogP contribution in [0.1, 0.15) is 29.9 Å². The lowest BCUT2D eigenvalue weighted by Crippen LogP contribution is -2.29. The summed E-state index contributed by atoms with van der Waals surface area (Å²) >= 11 is 0. The normalized spacial score (nSPS) is 18.7. The summed E-state index contributed by atoms with van der Waals surface area (Å²) in [5.41, 5.74) is 2.62. The molecule has 1 aromatic heterocycles. The Morgan fingerprint density at radius 3 is 2.69 bits per heavy atom. The van der Waals surface area contributed by atoms with Crippen molar-refractivity contribution in [1.82, 2.24) is 9.88 Å². The van der Waals surface area contributed by atoms with E-state index in [9.17, 15) is 0 Å². The van der Waals surface area contributed by atoms with Gasteiger partial charge in [-0.05, 0) is 57.5 Å².